The third-order valence-corrected chi connectivity index (χ3v) is 4.99. The molecule has 0 saturated heterocycles. The van der Waals surface area contributed by atoms with Gasteiger partial charge in [-0.15, -0.1) is 11.3 Å². The summed E-state index contributed by atoms with van der Waals surface area (Å²) >= 11 is 1.24. The van der Waals surface area contributed by atoms with Crippen molar-refractivity contribution in [3.05, 3.63) is 21.4 Å². The van der Waals surface area contributed by atoms with E-state index in [2.05, 4.69) is 0 Å². The van der Waals surface area contributed by atoms with Gasteiger partial charge in [-0.05, 0) is 18.1 Å². The summed E-state index contributed by atoms with van der Waals surface area (Å²) in [5.41, 5.74) is 0.819. The number of carbonyl (C=O) groups is 1. The van der Waals surface area contributed by atoms with Crippen LogP contribution in [0.15, 0.2) is 6.07 Å². The molecule has 0 aromatic carbocycles. The number of thiophene rings is 1. The first-order chi connectivity index (χ1) is 7.38. The molecule has 0 aliphatic carbocycles. The van der Waals surface area contributed by atoms with Gasteiger partial charge < -0.3 is 5.11 Å². The average molecular weight is 261 g/mol. The van der Waals surface area contributed by atoms with Gasteiger partial charge in [-0.2, -0.15) is 4.31 Å². The zero-order chi connectivity index (χ0) is 11.9. The Kier molecular flexibility index (Phi) is 2.77. The van der Waals surface area contributed by atoms with Gasteiger partial charge in [-0.1, -0.05) is 0 Å². The lowest BCUT2D eigenvalue weighted by Gasteiger charge is -2.24. The Morgan fingerprint density at radius 3 is 2.81 bits per heavy atom. The Bertz CT molecular complexity index is 532. The maximum Gasteiger partial charge on any atom is 0.345 e. The molecule has 0 saturated carbocycles. The van der Waals surface area contributed by atoms with E-state index in [4.69, 9.17) is 5.11 Å². The Labute approximate surface area is 97.4 Å². The number of aromatic carboxylic acids is 1. The average Bonchev–Trinajstić information content (AvgIpc) is 2.58. The number of rotatable bonds is 2. The highest BCUT2D eigenvalue weighted by Gasteiger charge is 2.25. The summed E-state index contributed by atoms with van der Waals surface area (Å²) in [6.07, 6.45) is 1.77. The fourth-order valence-electron chi connectivity index (χ4n) is 1.70. The van der Waals surface area contributed by atoms with E-state index in [9.17, 15) is 13.2 Å². The summed E-state index contributed by atoms with van der Waals surface area (Å²) < 4.78 is 24.1. The molecule has 1 aromatic heterocycles. The lowest BCUT2D eigenvalue weighted by molar-refractivity contribution is 0.0702. The van der Waals surface area contributed by atoms with Crippen molar-refractivity contribution in [1.82, 2.24) is 4.31 Å². The second kappa shape index (κ2) is 3.83. The topological polar surface area (TPSA) is 74.7 Å². The quantitative estimate of drug-likeness (QED) is 0.853. The lowest BCUT2D eigenvalue weighted by atomic mass is 10.1. The number of nitrogens with zero attached hydrogens (tertiary/aromatic N) is 1. The van der Waals surface area contributed by atoms with Crippen LogP contribution in [0.2, 0.25) is 0 Å². The number of hydrogen-bond acceptors (Lipinski definition) is 4. The summed E-state index contributed by atoms with van der Waals surface area (Å²) in [5, 5.41) is 8.84. The Balaban J connectivity index is 2.31. The second-order valence-corrected chi connectivity index (χ2v) is 6.83. The second-order valence-electron chi connectivity index (χ2n) is 3.71. The molecule has 2 heterocycles. The molecule has 0 spiro atoms. The van der Waals surface area contributed by atoms with Crippen LogP contribution >= 0.6 is 11.3 Å². The van der Waals surface area contributed by atoms with E-state index in [1.165, 1.54) is 21.9 Å². The van der Waals surface area contributed by atoms with Crippen molar-refractivity contribution in [2.24, 2.45) is 0 Å². The van der Waals surface area contributed by atoms with Gasteiger partial charge in [-0.25, -0.2) is 13.2 Å². The predicted octanol–water partition coefficient (Wildman–Crippen LogP) is 0.764. The van der Waals surface area contributed by atoms with Gasteiger partial charge in [0.1, 0.15) is 4.88 Å². The minimum Gasteiger partial charge on any atom is -0.477 e. The fraction of sp³-hybridized carbons (Fsp3) is 0.444. The monoisotopic (exact) mass is 261 g/mol. The number of fused-ring (bicyclic) bond motifs is 1. The van der Waals surface area contributed by atoms with Crippen molar-refractivity contribution >= 4 is 27.3 Å². The molecule has 0 bridgehead atoms. The van der Waals surface area contributed by atoms with Crippen molar-refractivity contribution < 1.29 is 18.3 Å². The normalized spacial score (nSPS) is 17.1. The minimum atomic E-state index is -3.19. The predicted molar refractivity (Wildman–Crippen MR) is 60.2 cm³/mol. The van der Waals surface area contributed by atoms with Gasteiger partial charge in [-0.3, -0.25) is 0 Å². The lowest BCUT2D eigenvalue weighted by Crippen LogP contribution is -2.34. The highest BCUT2D eigenvalue weighted by atomic mass is 32.2. The first-order valence-electron chi connectivity index (χ1n) is 4.68. The molecule has 1 N–H and O–H groups in total. The van der Waals surface area contributed by atoms with Crippen molar-refractivity contribution in [2.45, 2.75) is 13.0 Å². The van der Waals surface area contributed by atoms with Crippen LogP contribution in [-0.4, -0.2) is 36.6 Å². The molecule has 0 fully saturated rings. The largest absolute Gasteiger partial charge is 0.477 e. The van der Waals surface area contributed by atoms with Crippen LogP contribution < -0.4 is 0 Å². The fourth-order valence-corrected chi connectivity index (χ4v) is 3.49. The molecule has 16 heavy (non-hydrogen) atoms. The van der Waals surface area contributed by atoms with E-state index >= 15 is 0 Å². The third kappa shape index (κ3) is 2.11. The first-order valence-corrected chi connectivity index (χ1v) is 7.34. The van der Waals surface area contributed by atoms with Crippen LogP contribution in [0, 0.1) is 0 Å². The Morgan fingerprint density at radius 2 is 2.25 bits per heavy atom. The zero-order valence-corrected chi connectivity index (χ0v) is 10.3. The highest BCUT2D eigenvalue weighted by molar-refractivity contribution is 7.88. The Hall–Kier alpha value is -0.920. The molecule has 1 aliphatic rings. The van der Waals surface area contributed by atoms with Crippen molar-refractivity contribution in [1.29, 1.82) is 0 Å². The smallest absolute Gasteiger partial charge is 0.345 e. The van der Waals surface area contributed by atoms with Crippen LogP contribution in [0.25, 0.3) is 0 Å². The summed E-state index contributed by atoms with van der Waals surface area (Å²) in [5.74, 6) is -0.953. The molecule has 2 rings (SSSR count). The van der Waals surface area contributed by atoms with Crippen molar-refractivity contribution in [3.8, 4) is 0 Å². The molecular formula is C9H11NO4S2. The van der Waals surface area contributed by atoms with E-state index in [1.54, 1.807) is 6.07 Å². The van der Waals surface area contributed by atoms with E-state index < -0.39 is 16.0 Å². The standard InChI is InChI=1S/C9H11NO4S2/c1-16(13,14)10-3-2-7-6(5-10)4-8(15-7)9(11)12/h4H,2-3,5H2,1H3,(H,11,12). The molecule has 1 aromatic rings. The van der Waals surface area contributed by atoms with Crippen molar-refractivity contribution in [3.63, 3.8) is 0 Å². The number of carboxylic acid groups (broad SMARTS) is 1. The number of carboxylic acids is 1. The van der Waals surface area contributed by atoms with E-state index in [1.807, 2.05) is 0 Å². The molecule has 0 unspecified atom stereocenters. The molecular weight excluding hydrogens is 250 g/mol. The van der Waals surface area contributed by atoms with Crippen molar-refractivity contribution in [2.75, 3.05) is 12.8 Å². The highest BCUT2D eigenvalue weighted by Crippen LogP contribution is 2.28. The van der Waals surface area contributed by atoms with Gasteiger partial charge in [0.25, 0.3) is 0 Å². The zero-order valence-electron chi connectivity index (χ0n) is 8.63. The van der Waals surface area contributed by atoms with E-state index in [0.717, 1.165) is 10.4 Å². The minimum absolute atomic E-state index is 0.278. The molecule has 0 amide bonds. The van der Waals surface area contributed by atoms with Crippen LogP contribution in [0.4, 0.5) is 0 Å². The molecule has 0 radical (unpaired) electrons. The SMILES string of the molecule is CS(=O)(=O)N1CCc2sc(C(=O)O)cc2C1. The maximum absolute atomic E-state index is 11.3. The van der Waals surface area contributed by atoms with Gasteiger partial charge in [0.2, 0.25) is 10.0 Å². The summed E-state index contributed by atoms with van der Waals surface area (Å²) in [6.45, 7) is 0.726. The Morgan fingerprint density at radius 1 is 1.56 bits per heavy atom. The third-order valence-electron chi connectivity index (χ3n) is 2.51. The van der Waals surface area contributed by atoms with E-state index in [-0.39, 0.29) is 11.4 Å². The molecule has 0 atom stereocenters. The summed E-state index contributed by atoms with van der Waals surface area (Å²) in [4.78, 5) is 12.0. The summed E-state index contributed by atoms with van der Waals surface area (Å²) in [6, 6.07) is 1.57. The summed E-state index contributed by atoms with van der Waals surface area (Å²) in [7, 11) is -3.19. The van der Waals surface area contributed by atoms with Crippen LogP contribution in [0.1, 0.15) is 20.1 Å². The van der Waals surface area contributed by atoms with Gasteiger partial charge in [0.15, 0.2) is 0 Å². The van der Waals surface area contributed by atoms with Crippen LogP contribution in [0.3, 0.4) is 0 Å². The van der Waals surface area contributed by atoms with Crippen LogP contribution in [-0.2, 0) is 23.0 Å². The number of hydrogen-bond donors (Lipinski definition) is 1. The maximum atomic E-state index is 11.3. The van der Waals surface area contributed by atoms with E-state index in [0.29, 0.717) is 13.0 Å². The molecule has 5 nitrogen and oxygen atoms in total. The molecule has 1 aliphatic heterocycles. The van der Waals surface area contributed by atoms with Gasteiger partial charge in [0.05, 0.1) is 6.26 Å². The van der Waals surface area contributed by atoms with Gasteiger partial charge in [0, 0.05) is 18.0 Å². The first kappa shape index (κ1) is 11.6. The van der Waals surface area contributed by atoms with Gasteiger partial charge >= 0.3 is 5.97 Å². The molecule has 88 valence electrons. The molecule has 7 heteroatoms. The number of sulfonamides is 1. The van der Waals surface area contributed by atoms with Crippen LogP contribution in [0.5, 0.6) is 0 Å².